The van der Waals surface area contributed by atoms with Gasteiger partial charge in [0, 0.05) is 28.1 Å². The average Bonchev–Trinajstić information content (AvgIpc) is 2.44. The number of nitrogens with zero attached hydrogens (tertiary/aromatic N) is 1. The van der Waals surface area contributed by atoms with Gasteiger partial charge in [-0.1, -0.05) is 50.1 Å². The van der Waals surface area contributed by atoms with Gasteiger partial charge in [-0.2, -0.15) is 0 Å². The molecule has 2 aromatic rings. The van der Waals surface area contributed by atoms with E-state index in [-0.39, 0.29) is 11.9 Å². The van der Waals surface area contributed by atoms with Crippen LogP contribution in [0.1, 0.15) is 17.2 Å². The van der Waals surface area contributed by atoms with Gasteiger partial charge >= 0.3 is 0 Å². The number of benzene rings is 2. The molecule has 0 aliphatic rings. The number of halogens is 3. The van der Waals surface area contributed by atoms with Gasteiger partial charge in [0.2, 0.25) is 0 Å². The Morgan fingerprint density at radius 2 is 1.81 bits per heavy atom. The van der Waals surface area contributed by atoms with E-state index >= 15 is 0 Å². The highest BCUT2D eigenvalue weighted by Crippen LogP contribution is 2.28. The van der Waals surface area contributed by atoms with Gasteiger partial charge in [-0.3, -0.25) is 4.90 Å². The Bertz CT molecular complexity index is 602. The van der Waals surface area contributed by atoms with Crippen LogP contribution in [0.25, 0.3) is 0 Å². The molecule has 0 saturated carbocycles. The van der Waals surface area contributed by atoms with Gasteiger partial charge < -0.3 is 5.73 Å². The number of nitrogens with two attached hydrogens (primary N) is 1. The summed E-state index contributed by atoms with van der Waals surface area (Å²) in [5, 5.41) is 0. The molecule has 0 aliphatic heterocycles. The number of rotatable bonds is 5. The molecule has 0 amide bonds. The molecule has 2 N–H and O–H groups in total. The van der Waals surface area contributed by atoms with Crippen molar-refractivity contribution in [2.45, 2.75) is 12.6 Å². The number of hydrogen-bond acceptors (Lipinski definition) is 2. The second kappa shape index (κ2) is 7.49. The van der Waals surface area contributed by atoms with Crippen LogP contribution in [0.2, 0.25) is 0 Å². The smallest absolute Gasteiger partial charge is 0.124 e. The molecule has 0 saturated heterocycles. The van der Waals surface area contributed by atoms with Gasteiger partial charge in [0.05, 0.1) is 0 Å². The molecule has 0 bridgehead atoms. The zero-order chi connectivity index (χ0) is 15.4. The molecular formula is C16H17Br2FN2. The summed E-state index contributed by atoms with van der Waals surface area (Å²) in [7, 11) is 2.02. The van der Waals surface area contributed by atoms with E-state index in [1.165, 1.54) is 17.7 Å². The lowest BCUT2D eigenvalue weighted by molar-refractivity contribution is 0.241. The zero-order valence-corrected chi connectivity index (χ0v) is 14.9. The Labute approximate surface area is 141 Å². The lowest BCUT2D eigenvalue weighted by Gasteiger charge is -2.28. The van der Waals surface area contributed by atoms with Gasteiger partial charge in [-0.25, -0.2) is 4.39 Å². The summed E-state index contributed by atoms with van der Waals surface area (Å²) in [6.45, 7) is 1.25. The molecule has 0 fully saturated rings. The summed E-state index contributed by atoms with van der Waals surface area (Å²) in [6.07, 6.45) is 0. The second-order valence-corrected chi connectivity index (χ2v) is 6.73. The van der Waals surface area contributed by atoms with E-state index in [0.29, 0.717) is 6.54 Å². The van der Waals surface area contributed by atoms with Crippen molar-refractivity contribution in [1.82, 2.24) is 4.90 Å². The SMILES string of the molecule is CN(Cc1ccc(Br)cc1)C(CN)c1ccc(F)cc1Br. The number of likely N-dealkylation sites (N-methyl/N-ethyl adjacent to an activating group) is 1. The topological polar surface area (TPSA) is 29.3 Å². The maximum Gasteiger partial charge on any atom is 0.124 e. The molecule has 2 nitrogen and oxygen atoms in total. The summed E-state index contributed by atoms with van der Waals surface area (Å²) in [6, 6.07) is 13.0. The molecule has 21 heavy (non-hydrogen) atoms. The first-order chi connectivity index (χ1) is 10.0. The average molecular weight is 416 g/mol. The first-order valence-corrected chi connectivity index (χ1v) is 8.19. The van der Waals surface area contributed by atoms with E-state index in [9.17, 15) is 4.39 Å². The van der Waals surface area contributed by atoms with Crippen LogP contribution in [0.5, 0.6) is 0 Å². The molecule has 2 aromatic carbocycles. The quantitative estimate of drug-likeness (QED) is 0.779. The fourth-order valence-electron chi connectivity index (χ4n) is 2.30. The lowest BCUT2D eigenvalue weighted by Crippen LogP contribution is -2.30. The molecule has 1 atom stereocenters. The normalized spacial score (nSPS) is 12.7. The summed E-state index contributed by atoms with van der Waals surface area (Å²) >= 11 is 6.86. The molecule has 5 heteroatoms. The fourth-order valence-corrected chi connectivity index (χ4v) is 3.18. The van der Waals surface area contributed by atoms with E-state index in [0.717, 1.165) is 21.1 Å². The van der Waals surface area contributed by atoms with Crippen molar-refractivity contribution >= 4 is 31.9 Å². The second-order valence-electron chi connectivity index (χ2n) is 4.96. The first kappa shape index (κ1) is 16.6. The third-order valence-electron chi connectivity index (χ3n) is 3.42. The summed E-state index contributed by atoms with van der Waals surface area (Å²) in [5.74, 6) is -0.253. The summed E-state index contributed by atoms with van der Waals surface area (Å²) in [4.78, 5) is 2.17. The number of hydrogen-bond donors (Lipinski definition) is 1. The highest BCUT2D eigenvalue weighted by molar-refractivity contribution is 9.10. The van der Waals surface area contributed by atoms with Gasteiger partial charge in [0.15, 0.2) is 0 Å². The van der Waals surface area contributed by atoms with Crippen LogP contribution < -0.4 is 5.73 Å². The molecule has 1 unspecified atom stereocenters. The predicted octanol–water partition coefficient (Wildman–Crippen LogP) is 4.48. The Morgan fingerprint density at radius 3 is 2.38 bits per heavy atom. The monoisotopic (exact) mass is 414 g/mol. The maximum absolute atomic E-state index is 13.2. The molecular weight excluding hydrogens is 399 g/mol. The van der Waals surface area contributed by atoms with Crippen molar-refractivity contribution in [3.8, 4) is 0 Å². The van der Waals surface area contributed by atoms with Gasteiger partial charge in [-0.15, -0.1) is 0 Å². The molecule has 2 rings (SSSR count). The summed E-state index contributed by atoms with van der Waals surface area (Å²) in [5.41, 5.74) is 8.13. The van der Waals surface area contributed by atoms with Crippen molar-refractivity contribution in [1.29, 1.82) is 0 Å². The van der Waals surface area contributed by atoms with Crippen molar-refractivity contribution < 1.29 is 4.39 Å². The largest absolute Gasteiger partial charge is 0.329 e. The minimum Gasteiger partial charge on any atom is -0.329 e. The Hall–Kier alpha value is -0.750. The first-order valence-electron chi connectivity index (χ1n) is 6.61. The van der Waals surface area contributed by atoms with Crippen LogP contribution in [0.4, 0.5) is 4.39 Å². The third kappa shape index (κ3) is 4.36. The van der Waals surface area contributed by atoms with Crippen LogP contribution in [-0.2, 0) is 6.54 Å². The minimum absolute atomic E-state index is 0.0311. The molecule has 0 aromatic heterocycles. The molecule has 112 valence electrons. The Morgan fingerprint density at radius 1 is 1.14 bits per heavy atom. The maximum atomic E-state index is 13.2. The lowest BCUT2D eigenvalue weighted by atomic mass is 10.0. The van der Waals surface area contributed by atoms with Gasteiger partial charge in [0.25, 0.3) is 0 Å². The van der Waals surface area contributed by atoms with Crippen molar-refractivity contribution in [2.75, 3.05) is 13.6 Å². The van der Waals surface area contributed by atoms with Gasteiger partial charge in [-0.05, 0) is 42.4 Å². The van der Waals surface area contributed by atoms with Crippen LogP contribution in [0, 0.1) is 5.82 Å². The standard InChI is InChI=1S/C16H17Br2FN2/c1-21(10-11-2-4-12(17)5-3-11)16(9-20)14-7-6-13(19)8-15(14)18/h2-8,16H,9-10,20H2,1H3. The Kier molecular flexibility index (Phi) is 5.93. The predicted molar refractivity (Wildman–Crippen MR) is 91.5 cm³/mol. The van der Waals surface area contributed by atoms with E-state index in [2.05, 4.69) is 48.9 Å². The van der Waals surface area contributed by atoms with Crippen LogP contribution in [0.3, 0.4) is 0 Å². The van der Waals surface area contributed by atoms with Crippen molar-refractivity contribution in [3.63, 3.8) is 0 Å². The fraction of sp³-hybridized carbons (Fsp3) is 0.250. The van der Waals surface area contributed by atoms with Crippen LogP contribution in [-0.4, -0.2) is 18.5 Å². The molecule has 0 spiro atoms. The third-order valence-corrected chi connectivity index (χ3v) is 4.64. The van der Waals surface area contributed by atoms with E-state index in [1.807, 2.05) is 19.2 Å². The van der Waals surface area contributed by atoms with E-state index in [4.69, 9.17) is 5.73 Å². The minimum atomic E-state index is -0.253. The highest BCUT2D eigenvalue weighted by atomic mass is 79.9. The summed E-state index contributed by atoms with van der Waals surface area (Å²) < 4.78 is 15.0. The van der Waals surface area contributed by atoms with E-state index in [1.54, 1.807) is 6.07 Å². The van der Waals surface area contributed by atoms with Crippen molar-refractivity contribution in [2.24, 2.45) is 5.73 Å². The zero-order valence-electron chi connectivity index (χ0n) is 11.7. The van der Waals surface area contributed by atoms with Crippen molar-refractivity contribution in [3.05, 3.63) is 68.4 Å². The molecule has 0 heterocycles. The molecule has 0 radical (unpaired) electrons. The van der Waals surface area contributed by atoms with E-state index < -0.39 is 0 Å². The highest BCUT2D eigenvalue weighted by Gasteiger charge is 2.18. The van der Waals surface area contributed by atoms with Crippen LogP contribution >= 0.6 is 31.9 Å². The van der Waals surface area contributed by atoms with Gasteiger partial charge in [0.1, 0.15) is 5.82 Å². The van der Waals surface area contributed by atoms with Crippen LogP contribution in [0.15, 0.2) is 51.4 Å². The molecule has 0 aliphatic carbocycles. The Balaban J connectivity index is 2.18.